The van der Waals surface area contributed by atoms with E-state index in [0.29, 0.717) is 6.04 Å². The van der Waals surface area contributed by atoms with Crippen LogP contribution in [0.4, 0.5) is 0 Å². The van der Waals surface area contributed by atoms with Crippen molar-refractivity contribution in [3.05, 3.63) is 60.2 Å². The van der Waals surface area contributed by atoms with Crippen LogP contribution in [0.15, 0.2) is 49.1 Å². The van der Waals surface area contributed by atoms with Crippen LogP contribution in [-0.2, 0) is 0 Å². The third-order valence-electron chi connectivity index (χ3n) is 5.86. The number of nitrogens with zero attached hydrogens (tertiary/aromatic N) is 3. The molecule has 2 atom stereocenters. The van der Waals surface area contributed by atoms with Crippen LogP contribution in [0, 0.1) is 0 Å². The third-order valence-corrected chi connectivity index (χ3v) is 5.86. The maximum absolute atomic E-state index is 9.62. The zero-order chi connectivity index (χ0) is 19.1. The highest BCUT2D eigenvalue weighted by molar-refractivity contribution is 5.77. The maximum atomic E-state index is 9.62. The summed E-state index contributed by atoms with van der Waals surface area (Å²) < 4.78 is 0. The number of aromatic amines is 2. The number of fused-ring (bicyclic) bond motifs is 2. The maximum Gasteiger partial charge on any atom is 0.0931 e. The first-order valence-electron chi connectivity index (χ1n) is 9.64. The standard InChI is InChI=1S/C21H24N6O/c1-27-9-15(8-16(27)10-28)26-21(13-2-4-17-19(6-13)24-11-22-17)14-3-5-18-20(7-14)25-12-23-18/h2-7,11-12,15-16,21,26,28H,8-10H2,1H3,(H,22,24)(H,23,25)/t15-,16+/m1/s1. The van der Waals surface area contributed by atoms with E-state index in [9.17, 15) is 5.11 Å². The van der Waals surface area contributed by atoms with Gasteiger partial charge in [0, 0.05) is 18.6 Å². The predicted molar refractivity (Wildman–Crippen MR) is 109 cm³/mol. The van der Waals surface area contributed by atoms with E-state index < -0.39 is 0 Å². The molecule has 0 aliphatic carbocycles. The van der Waals surface area contributed by atoms with Crippen molar-refractivity contribution < 1.29 is 5.11 Å². The van der Waals surface area contributed by atoms with Gasteiger partial charge in [-0.15, -0.1) is 0 Å². The fourth-order valence-corrected chi connectivity index (χ4v) is 4.30. The molecule has 1 fully saturated rings. The van der Waals surface area contributed by atoms with Crippen LogP contribution in [0.25, 0.3) is 22.1 Å². The van der Waals surface area contributed by atoms with Gasteiger partial charge < -0.3 is 20.4 Å². The van der Waals surface area contributed by atoms with Crippen molar-refractivity contribution in [2.45, 2.75) is 24.5 Å². The highest BCUT2D eigenvalue weighted by Gasteiger charge is 2.31. The van der Waals surface area contributed by atoms with E-state index in [2.05, 4.69) is 73.6 Å². The lowest BCUT2D eigenvalue weighted by molar-refractivity contribution is 0.182. The number of hydrogen-bond donors (Lipinski definition) is 4. The van der Waals surface area contributed by atoms with Gasteiger partial charge in [-0.3, -0.25) is 4.90 Å². The SMILES string of the molecule is CN1C[C@H](NC(c2ccc3nc[nH]c3c2)c2ccc3nc[nH]c3c2)C[C@H]1CO. The summed E-state index contributed by atoms with van der Waals surface area (Å²) in [5.41, 5.74) is 6.36. The lowest BCUT2D eigenvalue weighted by Crippen LogP contribution is -2.35. The average Bonchev–Trinajstić information content (AvgIpc) is 3.44. The van der Waals surface area contributed by atoms with Gasteiger partial charge in [0.25, 0.3) is 0 Å². The Bertz CT molecular complexity index is 1030. The molecule has 0 unspecified atom stereocenters. The molecular weight excluding hydrogens is 352 g/mol. The van der Waals surface area contributed by atoms with Crippen LogP contribution in [-0.4, -0.2) is 62.2 Å². The van der Waals surface area contributed by atoms with E-state index >= 15 is 0 Å². The van der Waals surface area contributed by atoms with Crippen LogP contribution in [0.1, 0.15) is 23.6 Å². The first kappa shape index (κ1) is 17.4. The number of H-pyrrole nitrogens is 2. The van der Waals surface area contributed by atoms with Crippen molar-refractivity contribution in [2.24, 2.45) is 0 Å². The summed E-state index contributed by atoms with van der Waals surface area (Å²) in [5, 5.41) is 13.5. The lowest BCUT2D eigenvalue weighted by Gasteiger charge is -2.24. The number of imidazole rings is 2. The summed E-state index contributed by atoms with van der Waals surface area (Å²) in [6.45, 7) is 1.11. The summed E-state index contributed by atoms with van der Waals surface area (Å²) in [6, 6.07) is 13.3. The van der Waals surface area contributed by atoms with E-state index in [1.54, 1.807) is 12.7 Å². The Balaban J connectivity index is 1.53. The second-order valence-electron chi connectivity index (χ2n) is 7.67. The Morgan fingerprint density at radius 1 is 1.07 bits per heavy atom. The zero-order valence-electron chi connectivity index (χ0n) is 15.8. The summed E-state index contributed by atoms with van der Waals surface area (Å²) in [4.78, 5) is 17.3. The predicted octanol–water partition coefficient (Wildman–Crippen LogP) is 2.18. The second-order valence-corrected chi connectivity index (χ2v) is 7.67. The molecule has 7 heteroatoms. The number of aliphatic hydroxyl groups is 1. The number of likely N-dealkylation sites (tertiary alicyclic amines) is 1. The molecule has 28 heavy (non-hydrogen) atoms. The van der Waals surface area contributed by atoms with Crippen molar-refractivity contribution in [3.63, 3.8) is 0 Å². The van der Waals surface area contributed by atoms with Crippen LogP contribution in [0.2, 0.25) is 0 Å². The minimum Gasteiger partial charge on any atom is -0.395 e. The third kappa shape index (κ3) is 3.07. The van der Waals surface area contributed by atoms with Gasteiger partial charge in [0.1, 0.15) is 0 Å². The Labute approximate surface area is 162 Å². The normalized spacial score (nSPS) is 20.7. The van der Waals surface area contributed by atoms with E-state index in [-0.39, 0.29) is 18.7 Å². The molecule has 0 radical (unpaired) electrons. The molecule has 1 aliphatic rings. The van der Waals surface area contributed by atoms with Gasteiger partial charge >= 0.3 is 0 Å². The topological polar surface area (TPSA) is 92.9 Å². The summed E-state index contributed by atoms with van der Waals surface area (Å²) >= 11 is 0. The van der Waals surface area contributed by atoms with Gasteiger partial charge in [0.15, 0.2) is 0 Å². The van der Waals surface area contributed by atoms with E-state index in [1.165, 1.54) is 11.1 Å². The molecule has 0 saturated carbocycles. The summed E-state index contributed by atoms with van der Waals surface area (Å²) in [7, 11) is 2.07. The van der Waals surface area contributed by atoms with Crippen LogP contribution < -0.4 is 5.32 Å². The molecule has 0 amide bonds. The number of aromatic nitrogens is 4. The molecule has 0 spiro atoms. The summed E-state index contributed by atoms with van der Waals surface area (Å²) in [5.74, 6) is 0. The molecule has 144 valence electrons. The largest absolute Gasteiger partial charge is 0.395 e. The van der Waals surface area contributed by atoms with Crippen LogP contribution in [0.5, 0.6) is 0 Å². The molecule has 5 rings (SSSR count). The highest BCUT2D eigenvalue weighted by atomic mass is 16.3. The summed E-state index contributed by atoms with van der Waals surface area (Å²) in [6.07, 6.45) is 4.39. The van der Waals surface area contributed by atoms with E-state index in [4.69, 9.17) is 0 Å². The molecule has 2 aromatic heterocycles. The van der Waals surface area contributed by atoms with Crippen molar-refractivity contribution in [1.82, 2.24) is 30.2 Å². The number of rotatable bonds is 5. The quantitative estimate of drug-likeness (QED) is 0.428. The number of aliphatic hydroxyl groups excluding tert-OH is 1. The van der Waals surface area contributed by atoms with Crippen molar-refractivity contribution in [2.75, 3.05) is 20.2 Å². The molecule has 7 nitrogen and oxygen atoms in total. The molecular formula is C21H24N6O. The molecule has 4 N–H and O–H groups in total. The number of nitrogens with one attached hydrogen (secondary N) is 3. The van der Waals surface area contributed by atoms with Crippen LogP contribution >= 0.6 is 0 Å². The first-order valence-corrected chi connectivity index (χ1v) is 9.64. The highest BCUT2D eigenvalue weighted by Crippen LogP contribution is 2.29. The Morgan fingerprint density at radius 3 is 2.21 bits per heavy atom. The van der Waals surface area contributed by atoms with E-state index in [0.717, 1.165) is 35.0 Å². The molecule has 1 saturated heterocycles. The van der Waals surface area contributed by atoms with Crippen molar-refractivity contribution in [3.8, 4) is 0 Å². The Morgan fingerprint density at radius 2 is 1.68 bits per heavy atom. The lowest BCUT2D eigenvalue weighted by atomic mass is 9.96. The van der Waals surface area contributed by atoms with Gasteiger partial charge in [0.05, 0.1) is 47.4 Å². The van der Waals surface area contributed by atoms with Crippen LogP contribution in [0.3, 0.4) is 0 Å². The van der Waals surface area contributed by atoms with E-state index in [1.807, 2.05) is 0 Å². The smallest absolute Gasteiger partial charge is 0.0931 e. The van der Waals surface area contributed by atoms with Gasteiger partial charge in [0.2, 0.25) is 0 Å². The number of benzene rings is 2. The van der Waals surface area contributed by atoms with Gasteiger partial charge in [-0.2, -0.15) is 0 Å². The Hall–Kier alpha value is -2.74. The average molecular weight is 376 g/mol. The monoisotopic (exact) mass is 376 g/mol. The molecule has 4 aromatic rings. The first-order chi connectivity index (χ1) is 13.7. The number of hydrogen-bond acceptors (Lipinski definition) is 5. The fraction of sp³-hybridized carbons (Fsp3) is 0.333. The molecule has 2 aromatic carbocycles. The zero-order valence-corrected chi connectivity index (χ0v) is 15.8. The van der Waals surface area contributed by atoms with Gasteiger partial charge in [-0.1, -0.05) is 12.1 Å². The fourth-order valence-electron chi connectivity index (χ4n) is 4.30. The second kappa shape index (κ2) is 7.01. The Kier molecular flexibility index (Phi) is 4.35. The van der Waals surface area contributed by atoms with Crippen molar-refractivity contribution >= 4 is 22.1 Å². The minimum atomic E-state index is 0.0382. The minimum absolute atomic E-state index is 0.0382. The molecule has 1 aliphatic heterocycles. The molecule has 0 bridgehead atoms. The molecule has 3 heterocycles. The van der Waals surface area contributed by atoms with Gasteiger partial charge in [-0.05, 0) is 48.9 Å². The van der Waals surface area contributed by atoms with Crippen molar-refractivity contribution in [1.29, 1.82) is 0 Å². The van der Waals surface area contributed by atoms with Gasteiger partial charge in [-0.25, -0.2) is 9.97 Å². The number of likely N-dealkylation sites (N-methyl/N-ethyl adjacent to an activating group) is 1.